The molecule has 1 atom stereocenters. The van der Waals surface area contributed by atoms with Gasteiger partial charge in [-0.3, -0.25) is 4.79 Å². The minimum absolute atomic E-state index is 0.207. The summed E-state index contributed by atoms with van der Waals surface area (Å²) < 4.78 is 0. The van der Waals surface area contributed by atoms with Crippen LogP contribution in [0.25, 0.3) is 0 Å². The van der Waals surface area contributed by atoms with Crippen molar-refractivity contribution < 1.29 is 4.79 Å². The number of likely N-dealkylation sites (tertiary alicyclic amines) is 1. The Labute approximate surface area is 99.5 Å². The Hall–Kier alpha value is 0.130. The standard InChI is InChI=1S/C10H18N2OS2/c11-8-1-3-12(4-2-8)10(13)9-7-14-5-6-15-9/h8-9H,1-7,11H2. The number of hydrogen-bond acceptors (Lipinski definition) is 4. The molecule has 15 heavy (non-hydrogen) atoms. The van der Waals surface area contributed by atoms with Gasteiger partial charge in [-0.25, -0.2) is 0 Å². The molecule has 1 unspecified atom stereocenters. The molecule has 0 aromatic rings. The molecule has 0 radical (unpaired) electrons. The van der Waals surface area contributed by atoms with E-state index < -0.39 is 0 Å². The molecule has 0 aliphatic carbocycles. The topological polar surface area (TPSA) is 46.3 Å². The summed E-state index contributed by atoms with van der Waals surface area (Å²) >= 11 is 3.73. The van der Waals surface area contributed by atoms with Crippen LogP contribution in [0.4, 0.5) is 0 Å². The monoisotopic (exact) mass is 246 g/mol. The summed E-state index contributed by atoms with van der Waals surface area (Å²) in [5, 5.41) is 0.207. The fourth-order valence-electron chi connectivity index (χ4n) is 1.95. The maximum absolute atomic E-state index is 12.1. The average molecular weight is 246 g/mol. The molecule has 2 aliphatic heterocycles. The molecule has 2 saturated heterocycles. The Morgan fingerprint density at radius 2 is 2.00 bits per heavy atom. The van der Waals surface area contributed by atoms with Gasteiger partial charge < -0.3 is 10.6 Å². The van der Waals surface area contributed by atoms with E-state index in [4.69, 9.17) is 5.73 Å². The maximum atomic E-state index is 12.1. The second kappa shape index (κ2) is 5.46. The Bertz CT molecular complexity index is 223. The van der Waals surface area contributed by atoms with Crippen LogP contribution in [0.5, 0.6) is 0 Å². The zero-order chi connectivity index (χ0) is 10.7. The van der Waals surface area contributed by atoms with Crippen LogP contribution >= 0.6 is 23.5 Å². The van der Waals surface area contributed by atoms with E-state index in [0.717, 1.165) is 37.4 Å². The van der Waals surface area contributed by atoms with Gasteiger partial charge >= 0.3 is 0 Å². The first-order valence-electron chi connectivity index (χ1n) is 5.51. The van der Waals surface area contributed by atoms with Gasteiger partial charge in [0.2, 0.25) is 5.91 Å². The lowest BCUT2D eigenvalue weighted by atomic mass is 10.1. The van der Waals surface area contributed by atoms with Crippen LogP contribution in [0, 0.1) is 0 Å². The molecule has 2 aliphatic rings. The third-order valence-electron chi connectivity index (χ3n) is 2.94. The molecule has 0 saturated carbocycles. The lowest BCUT2D eigenvalue weighted by molar-refractivity contribution is -0.131. The van der Waals surface area contributed by atoms with E-state index in [0.29, 0.717) is 11.9 Å². The predicted molar refractivity (Wildman–Crippen MR) is 67.4 cm³/mol. The highest BCUT2D eigenvalue weighted by molar-refractivity contribution is 8.07. The number of amides is 1. The summed E-state index contributed by atoms with van der Waals surface area (Å²) in [5.41, 5.74) is 5.83. The van der Waals surface area contributed by atoms with E-state index in [1.54, 1.807) is 0 Å². The molecule has 2 fully saturated rings. The normalized spacial score (nSPS) is 29.1. The van der Waals surface area contributed by atoms with Crippen molar-refractivity contribution in [3.63, 3.8) is 0 Å². The van der Waals surface area contributed by atoms with E-state index >= 15 is 0 Å². The first-order chi connectivity index (χ1) is 7.27. The number of carbonyl (C=O) groups is 1. The lowest BCUT2D eigenvalue weighted by Crippen LogP contribution is -2.47. The number of nitrogens with two attached hydrogens (primary N) is 1. The van der Waals surface area contributed by atoms with Gasteiger partial charge in [0.15, 0.2) is 0 Å². The fraction of sp³-hybridized carbons (Fsp3) is 0.900. The SMILES string of the molecule is NC1CCN(C(=O)C2CSCCS2)CC1. The van der Waals surface area contributed by atoms with Crippen molar-refractivity contribution in [3.05, 3.63) is 0 Å². The highest BCUT2D eigenvalue weighted by Gasteiger charge is 2.28. The number of piperidine rings is 1. The number of hydrogen-bond donors (Lipinski definition) is 1. The second-order valence-corrected chi connectivity index (χ2v) is 6.56. The molecule has 0 bridgehead atoms. The molecule has 2 N–H and O–H groups in total. The molecular formula is C10H18N2OS2. The van der Waals surface area contributed by atoms with Gasteiger partial charge in [-0.2, -0.15) is 11.8 Å². The van der Waals surface area contributed by atoms with Crippen LogP contribution in [0.3, 0.4) is 0 Å². The Morgan fingerprint density at radius 1 is 1.27 bits per heavy atom. The molecule has 5 heteroatoms. The summed E-state index contributed by atoms with van der Waals surface area (Å²) in [4.78, 5) is 14.1. The maximum Gasteiger partial charge on any atom is 0.236 e. The largest absolute Gasteiger partial charge is 0.342 e. The zero-order valence-corrected chi connectivity index (χ0v) is 10.5. The molecule has 0 spiro atoms. The number of rotatable bonds is 1. The van der Waals surface area contributed by atoms with Gasteiger partial charge in [0.25, 0.3) is 0 Å². The van der Waals surface area contributed by atoms with Crippen molar-refractivity contribution in [2.75, 3.05) is 30.3 Å². The van der Waals surface area contributed by atoms with Crippen LogP contribution in [0.2, 0.25) is 0 Å². The minimum atomic E-state index is 0.207. The summed E-state index contributed by atoms with van der Waals surface area (Å²) in [6.45, 7) is 1.73. The van der Waals surface area contributed by atoms with Gasteiger partial charge in [-0.15, -0.1) is 11.8 Å². The van der Waals surface area contributed by atoms with Crippen LogP contribution < -0.4 is 5.73 Å². The number of nitrogens with zero attached hydrogens (tertiary/aromatic N) is 1. The van der Waals surface area contributed by atoms with Crippen molar-refractivity contribution in [1.82, 2.24) is 4.90 Å². The van der Waals surface area contributed by atoms with E-state index in [-0.39, 0.29) is 5.25 Å². The van der Waals surface area contributed by atoms with Gasteiger partial charge in [0.05, 0.1) is 5.25 Å². The van der Waals surface area contributed by atoms with Gasteiger partial charge in [-0.1, -0.05) is 0 Å². The Kier molecular flexibility index (Phi) is 4.22. The first kappa shape index (κ1) is 11.6. The molecule has 0 aromatic heterocycles. The Morgan fingerprint density at radius 3 is 2.60 bits per heavy atom. The molecule has 2 heterocycles. The Balaban J connectivity index is 1.84. The molecule has 86 valence electrons. The fourth-order valence-corrected chi connectivity index (χ4v) is 4.58. The van der Waals surface area contributed by atoms with Crippen LogP contribution in [0.15, 0.2) is 0 Å². The van der Waals surface area contributed by atoms with E-state index in [1.165, 1.54) is 5.75 Å². The smallest absolute Gasteiger partial charge is 0.236 e. The molecule has 3 nitrogen and oxygen atoms in total. The predicted octanol–water partition coefficient (Wildman–Crippen LogP) is 0.785. The van der Waals surface area contributed by atoms with Gasteiger partial charge in [0, 0.05) is 36.4 Å². The quantitative estimate of drug-likeness (QED) is 0.743. The molecular weight excluding hydrogens is 228 g/mol. The van der Waals surface area contributed by atoms with Crippen molar-refractivity contribution in [2.45, 2.75) is 24.1 Å². The summed E-state index contributed by atoms with van der Waals surface area (Å²) in [6, 6.07) is 0.308. The van der Waals surface area contributed by atoms with E-state index in [9.17, 15) is 4.79 Å². The van der Waals surface area contributed by atoms with Crippen molar-refractivity contribution >= 4 is 29.4 Å². The van der Waals surface area contributed by atoms with Crippen molar-refractivity contribution in [2.24, 2.45) is 5.73 Å². The highest BCUT2D eigenvalue weighted by Crippen LogP contribution is 2.26. The first-order valence-corrected chi connectivity index (χ1v) is 7.71. The molecule has 0 aromatic carbocycles. The minimum Gasteiger partial charge on any atom is -0.342 e. The van der Waals surface area contributed by atoms with Gasteiger partial charge in [0.1, 0.15) is 0 Å². The van der Waals surface area contributed by atoms with E-state index in [1.807, 2.05) is 28.4 Å². The van der Waals surface area contributed by atoms with Gasteiger partial charge in [-0.05, 0) is 12.8 Å². The lowest BCUT2D eigenvalue weighted by Gasteiger charge is -2.33. The summed E-state index contributed by atoms with van der Waals surface area (Å²) in [5.74, 6) is 3.65. The van der Waals surface area contributed by atoms with Crippen molar-refractivity contribution in [3.8, 4) is 0 Å². The average Bonchev–Trinajstić information content (AvgIpc) is 2.30. The van der Waals surface area contributed by atoms with Crippen LogP contribution in [-0.4, -0.2) is 52.4 Å². The summed E-state index contributed by atoms with van der Waals surface area (Å²) in [7, 11) is 0. The highest BCUT2D eigenvalue weighted by atomic mass is 32.2. The molecule has 1 amide bonds. The van der Waals surface area contributed by atoms with Crippen molar-refractivity contribution in [1.29, 1.82) is 0 Å². The molecule has 2 rings (SSSR count). The number of carbonyl (C=O) groups excluding carboxylic acids is 1. The zero-order valence-electron chi connectivity index (χ0n) is 8.85. The third-order valence-corrected chi connectivity index (χ3v) is 5.68. The van der Waals surface area contributed by atoms with Crippen LogP contribution in [-0.2, 0) is 4.79 Å². The summed E-state index contributed by atoms with van der Waals surface area (Å²) in [6.07, 6.45) is 1.94. The number of thioether (sulfide) groups is 2. The van der Waals surface area contributed by atoms with Crippen LogP contribution in [0.1, 0.15) is 12.8 Å². The third kappa shape index (κ3) is 3.04. The van der Waals surface area contributed by atoms with E-state index in [2.05, 4.69) is 0 Å². The second-order valence-electron chi connectivity index (χ2n) is 4.10.